The van der Waals surface area contributed by atoms with Crippen LogP contribution in [0.15, 0.2) is 22.7 Å². The quantitative estimate of drug-likeness (QED) is 0.641. The molecule has 1 heterocycles. The highest BCUT2D eigenvalue weighted by molar-refractivity contribution is 9.10. The molecule has 0 aliphatic carbocycles. The van der Waals surface area contributed by atoms with Crippen molar-refractivity contribution in [3.8, 4) is 5.75 Å². The van der Waals surface area contributed by atoms with E-state index >= 15 is 0 Å². The van der Waals surface area contributed by atoms with Crippen LogP contribution in [0.2, 0.25) is 0 Å². The minimum atomic E-state index is -3.11. The molecule has 0 aromatic heterocycles. The monoisotopic (exact) mass is 377 g/mol. The molecule has 0 saturated carbocycles. The second-order valence-electron chi connectivity index (χ2n) is 4.36. The van der Waals surface area contributed by atoms with E-state index in [0.717, 1.165) is 0 Å². The van der Waals surface area contributed by atoms with E-state index < -0.39 is 30.5 Å². The average Bonchev–Trinajstić information content (AvgIpc) is 2.43. The van der Waals surface area contributed by atoms with Crippen LogP contribution in [-0.4, -0.2) is 30.5 Å². The Balaban J connectivity index is 2.16. The molecule has 0 bridgehead atoms. The van der Waals surface area contributed by atoms with Crippen molar-refractivity contribution in [2.24, 2.45) is 0 Å². The standard InChI is InChI=1S/C13H10BrF2NO5/c14-6-1-2-8(22-13(15)16)7(5-6)12(20)21-9-3-4-10(18)17-11(9)19/h1-2,5,9,13H,3-4H2,(H,17,18,19). The Morgan fingerprint density at radius 3 is 2.73 bits per heavy atom. The van der Waals surface area contributed by atoms with Crippen LogP contribution < -0.4 is 10.1 Å². The number of nitrogens with one attached hydrogen (secondary N) is 1. The highest BCUT2D eigenvalue weighted by Gasteiger charge is 2.31. The van der Waals surface area contributed by atoms with Gasteiger partial charge in [0.05, 0.1) is 0 Å². The fourth-order valence-corrected chi connectivity index (χ4v) is 2.20. The van der Waals surface area contributed by atoms with Crippen molar-refractivity contribution in [3.05, 3.63) is 28.2 Å². The molecule has 1 saturated heterocycles. The Hall–Kier alpha value is -2.03. The van der Waals surface area contributed by atoms with Crippen molar-refractivity contribution in [1.29, 1.82) is 0 Å². The Labute approximate surface area is 131 Å². The summed E-state index contributed by atoms with van der Waals surface area (Å²) in [6.07, 6.45) is -1.08. The maximum atomic E-state index is 12.3. The lowest BCUT2D eigenvalue weighted by Crippen LogP contribution is -2.45. The Morgan fingerprint density at radius 2 is 2.09 bits per heavy atom. The first-order valence-corrected chi connectivity index (χ1v) is 6.95. The fraction of sp³-hybridized carbons (Fsp3) is 0.308. The predicted octanol–water partition coefficient (Wildman–Crippen LogP) is 2.01. The van der Waals surface area contributed by atoms with Crippen molar-refractivity contribution in [1.82, 2.24) is 5.32 Å². The largest absolute Gasteiger partial charge is 0.449 e. The number of ether oxygens (including phenoxy) is 2. The Kier molecular flexibility index (Phi) is 5.07. The van der Waals surface area contributed by atoms with Gasteiger partial charge in [-0.3, -0.25) is 14.9 Å². The van der Waals surface area contributed by atoms with Gasteiger partial charge in [0.1, 0.15) is 11.3 Å². The summed E-state index contributed by atoms with van der Waals surface area (Å²) >= 11 is 3.10. The summed E-state index contributed by atoms with van der Waals surface area (Å²) in [6, 6.07) is 3.84. The molecule has 0 radical (unpaired) electrons. The SMILES string of the molecule is O=C1CCC(OC(=O)c2cc(Br)ccc2OC(F)F)C(=O)N1. The van der Waals surface area contributed by atoms with Gasteiger partial charge in [-0.25, -0.2) is 4.79 Å². The summed E-state index contributed by atoms with van der Waals surface area (Å²) in [5.74, 6) is -2.56. The summed E-state index contributed by atoms with van der Waals surface area (Å²) in [6.45, 7) is -3.11. The predicted molar refractivity (Wildman–Crippen MR) is 72.4 cm³/mol. The molecule has 1 atom stereocenters. The molecule has 1 fully saturated rings. The zero-order valence-electron chi connectivity index (χ0n) is 11.0. The molecule has 2 amide bonds. The zero-order chi connectivity index (χ0) is 16.3. The summed E-state index contributed by atoms with van der Waals surface area (Å²) in [4.78, 5) is 34.6. The number of benzene rings is 1. The molecule has 1 aromatic rings. The number of alkyl halides is 2. The van der Waals surface area contributed by atoms with Crippen molar-refractivity contribution in [3.63, 3.8) is 0 Å². The number of rotatable bonds is 4. The molecule has 6 nitrogen and oxygen atoms in total. The van der Waals surface area contributed by atoms with E-state index in [1.807, 2.05) is 5.32 Å². The molecule has 118 valence electrons. The fourth-order valence-electron chi connectivity index (χ4n) is 1.84. The zero-order valence-corrected chi connectivity index (χ0v) is 12.6. The molecule has 2 rings (SSSR count). The number of amides is 2. The van der Waals surface area contributed by atoms with Crippen LogP contribution in [0.25, 0.3) is 0 Å². The van der Waals surface area contributed by atoms with E-state index in [9.17, 15) is 23.2 Å². The van der Waals surface area contributed by atoms with Crippen molar-refractivity contribution in [2.45, 2.75) is 25.6 Å². The second kappa shape index (κ2) is 6.82. The number of carbonyl (C=O) groups is 3. The summed E-state index contributed by atoms with van der Waals surface area (Å²) in [7, 11) is 0. The highest BCUT2D eigenvalue weighted by Crippen LogP contribution is 2.26. The van der Waals surface area contributed by atoms with Gasteiger partial charge in [0.15, 0.2) is 6.10 Å². The van der Waals surface area contributed by atoms with Gasteiger partial charge in [-0.1, -0.05) is 15.9 Å². The lowest BCUT2D eigenvalue weighted by Gasteiger charge is -2.21. The van der Waals surface area contributed by atoms with Crippen molar-refractivity contribution in [2.75, 3.05) is 0 Å². The molecule has 0 spiro atoms. The van der Waals surface area contributed by atoms with E-state index in [1.54, 1.807) is 0 Å². The number of carbonyl (C=O) groups excluding carboxylic acids is 3. The van der Waals surface area contributed by atoms with E-state index in [2.05, 4.69) is 20.7 Å². The van der Waals surface area contributed by atoms with Gasteiger partial charge >= 0.3 is 12.6 Å². The molecule has 1 N–H and O–H groups in total. The lowest BCUT2D eigenvalue weighted by atomic mass is 10.1. The minimum absolute atomic E-state index is 0.0303. The first-order chi connectivity index (χ1) is 10.4. The maximum absolute atomic E-state index is 12.3. The van der Waals surface area contributed by atoms with E-state index in [-0.39, 0.29) is 24.2 Å². The van der Waals surface area contributed by atoms with Crippen molar-refractivity contribution < 1.29 is 32.6 Å². The first-order valence-electron chi connectivity index (χ1n) is 6.16. The van der Waals surface area contributed by atoms with E-state index in [0.29, 0.717) is 4.47 Å². The van der Waals surface area contributed by atoms with Crippen LogP contribution >= 0.6 is 15.9 Å². The van der Waals surface area contributed by atoms with Crippen LogP contribution in [0.1, 0.15) is 23.2 Å². The van der Waals surface area contributed by atoms with Crippen LogP contribution in [0.3, 0.4) is 0 Å². The molecule has 22 heavy (non-hydrogen) atoms. The van der Waals surface area contributed by atoms with Gasteiger partial charge in [-0.15, -0.1) is 0 Å². The third kappa shape index (κ3) is 4.00. The summed E-state index contributed by atoms with van der Waals surface area (Å²) in [5.41, 5.74) is -0.251. The van der Waals surface area contributed by atoms with E-state index in [1.165, 1.54) is 18.2 Å². The number of hydrogen-bond donors (Lipinski definition) is 1. The topological polar surface area (TPSA) is 81.7 Å². The van der Waals surface area contributed by atoms with Crippen LogP contribution in [0.5, 0.6) is 5.75 Å². The molecule has 1 aliphatic rings. The normalized spacial score (nSPS) is 18.1. The molecule has 1 aliphatic heterocycles. The van der Waals surface area contributed by atoms with Crippen molar-refractivity contribution >= 4 is 33.7 Å². The van der Waals surface area contributed by atoms with E-state index in [4.69, 9.17) is 4.74 Å². The number of halogens is 3. The Morgan fingerprint density at radius 1 is 1.36 bits per heavy atom. The lowest BCUT2D eigenvalue weighted by molar-refractivity contribution is -0.140. The third-order valence-corrected chi connectivity index (χ3v) is 3.31. The molecule has 9 heteroatoms. The number of piperidine rings is 1. The molecular weight excluding hydrogens is 368 g/mol. The molecule has 1 unspecified atom stereocenters. The third-order valence-electron chi connectivity index (χ3n) is 2.82. The number of imide groups is 1. The van der Waals surface area contributed by atoms with Gasteiger partial charge in [-0.2, -0.15) is 8.78 Å². The van der Waals surface area contributed by atoms with Gasteiger partial charge in [0.25, 0.3) is 5.91 Å². The van der Waals surface area contributed by atoms with Gasteiger partial charge in [0, 0.05) is 17.3 Å². The average molecular weight is 378 g/mol. The summed E-state index contributed by atoms with van der Waals surface area (Å²) < 4.78 is 34.3. The maximum Gasteiger partial charge on any atom is 0.387 e. The van der Waals surface area contributed by atoms with Gasteiger partial charge in [0.2, 0.25) is 5.91 Å². The number of hydrogen-bond acceptors (Lipinski definition) is 5. The number of esters is 1. The smallest absolute Gasteiger partial charge is 0.387 e. The minimum Gasteiger partial charge on any atom is -0.449 e. The van der Waals surface area contributed by atoms with Gasteiger partial charge in [-0.05, 0) is 18.2 Å². The van der Waals surface area contributed by atoms with Crippen LogP contribution in [-0.2, 0) is 14.3 Å². The van der Waals surface area contributed by atoms with Crippen LogP contribution in [0.4, 0.5) is 8.78 Å². The highest BCUT2D eigenvalue weighted by atomic mass is 79.9. The first kappa shape index (κ1) is 16.3. The summed E-state index contributed by atoms with van der Waals surface area (Å²) in [5, 5.41) is 2.03. The molecular formula is C13H10BrF2NO5. The Bertz CT molecular complexity index is 622. The molecule has 1 aromatic carbocycles. The van der Waals surface area contributed by atoms with Crippen LogP contribution in [0, 0.1) is 0 Å². The second-order valence-corrected chi connectivity index (χ2v) is 5.28. The van der Waals surface area contributed by atoms with Gasteiger partial charge < -0.3 is 9.47 Å².